The minimum atomic E-state index is -2.68. The first-order chi connectivity index (χ1) is 18.5. The fourth-order valence-electron chi connectivity index (χ4n) is 6.75. The molecule has 0 aromatic heterocycles. The highest BCUT2D eigenvalue weighted by atomic mass is 127. The molecule has 1 spiro atoms. The molecular formula is C34H49IO3Si. The largest absolute Gasteiger partial charge is 0.404 e. The minimum absolute atomic E-state index is 0.0588. The number of hydrogen-bond donors (Lipinski definition) is 0. The summed E-state index contributed by atoms with van der Waals surface area (Å²) in [5, 5.41) is 2.61. The van der Waals surface area contributed by atoms with Gasteiger partial charge in [-0.1, -0.05) is 136 Å². The molecule has 39 heavy (non-hydrogen) atoms. The van der Waals surface area contributed by atoms with Gasteiger partial charge in [0.1, 0.15) is 0 Å². The van der Waals surface area contributed by atoms with Crippen LogP contribution in [-0.4, -0.2) is 36.8 Å². The van der Waals surface area contributed by atoms with Crippen molar-refractivity contribution >= 4 is 41.3 Å². The zero-order valence-electron chi connectivity index (χ0n) is 25.1. The van der Waals surface area contributed by atoms with Crippen LogP contribution >= 0.6 is 22.6 Å². The van der Waals surface area contributed by atoms with Crippen molar-refractivity contribution in [3.63, 3.8) is 0 Å². The molecule has 2 aromatic carbocycles. The molecule has 0 N–H and O–H groups in total. The lowest BCUT2D eigenvalue weighted by Gasteiger charge is -2.53. The summed E-state index contributed by atoms with van der Waals surface area (Å²) in [5.74, 6) is 0.419. The Morgan fingerprint density at radius 3 is 2.15 bits per heavy atom. The van der Waals surface area contributed by atoms with E-state index in [1.54, 1.807) is 0 Å². The molecule has 5 heteroatoms. The number of allylic oxidation sites excluding steroid dienone is 1. The number of benzene rings is 2. The van der Waals surface area contributed by atoms with Gasteiger partial charge in [-0.15, -0.1) is 0 Å². The summed E-state index contributed by atoms with van der Waals surface area (Å²) >= 11 is 2.45. The van der Waals surface area contributed by atoms with Gasteiger partial charge in [0.25, 0.3) is 8.32 Å². The first-order valence-electron chi connectivity index (χ1n) is 14.9. The molecule has 4 rings (SSSR count). The van der Waals surface area contributed by atoms with Gasteiger partial charge in [0.05, 0.1) is 18.3 Å². The summed E-state index contributed by atoms with van der Waals surface area (Å²) < 4.78 is 22.7. The number of rotatable bonds is 8. The monoisotopic (exact) mass is 660 g/mol. The third kappa shape index (κ3) is 6.91. The minimum Gasteiger partial charge on any atom is -0.404 e. The number of halogens is 1. The van der Waals surface area contributed by atoms with Crippen molar-refractivity contribution in [2.75, 3.05) is 4.43 Å². The Kier molecular flexibility index (Phi) is 10.2. The molecule has 0 unspecified atom stereocenters. The molecule has 5 atom stereocenters. The number of alkyl halides is 1. The van der Waals surface area contributed by atoms with Crippen LogP contribution < -0.4 is 10.4 Å². The van der Waals surface area contributed by atoms with Crippen LogP contribution in [0, 0.1) is 11.8 Å². The molecule has 2 aromatic rings. The average molecular weight is 661 g/mol. The van der Waals surface area contributed by atoms with E-state index in [0.29, 0.717) is 11.8 Å². The Balaban J connectivity index is 1.76. The summed E-state index contributed by atoms with van der Waals surface area (Å²) in [6, 6.07) is 22.0. The Labute approximate surface area is 252 Å². The van der Waals surface area contributed by atoms with Crippen molar-refractivity contribution < 1.29 is 13.9 Å². The molecule has 0 aliphatic carbocycles. The smallest absolute Gasteiger partial charge is 0.261 e. The van der Waals surface area contributed by atoms with Crippen LogP contribution in [0.1, 0.15) is 80.6 Å². The predicted molar refractivity (Wildman–Crippen MR) is 175 cm³/mol. The van der Waals surface area contributed by atoms with Gasteiger partial charge in [-0.25, -0.2) is 0 Å². The van der Waals surface area contributed by atoms with Crippen LogP contribution in [0.3, 0.4) is 0 Å². The van der Waals surface area contributed by atoms with Gasteiger partial charge in [0.2, 0.25) is 0 Å². The Morgan fingerprint density at radius 2 is 1.64 bits per heavy atom. The Hall–Kier alpha value is -0.993. The van der Waals surface area contributed by atoms with Crippen molar-refractivity contribution in [2.24, 2.45) is 11.8 Å². The topological polar surface area (TPSA) is 27.7 Å². The second kappa shape index (κ2) is 12.9. The van der Waals surface area contributed by atoms with Crippen molar-refractivity contribution in [1.29, 1.82) is 0 Å². The van der Waals surface area contributed by atoms with Crippen molar-refractivity contribution in [3.8, 4) is 0 Å². The van der Waals surface area contributed by atoms with Gasteiger partial charge in [0, 0.05) is 17.3 Å². The molecule has 2 aliphatic heterocycles. The maximum atomic E-state index is 7.69. The number of hydrogen-bond acceptors (Lipinski definition) is 3. The van der Waals surface area contributed by atoms with Crippen LogP contribution in [-0.2, 0) is 13.9 Å². The van der Waals surface area contributed by atoms with Gasteiger partial charge in [-0.05, 0) is 53.4 Å². The van der Waals surface area contributed by atoms with Gasteiger partial charge >= 0.3 is 0 Å². The lowest BCUT2D eigenvalue weighted by Crippen LogP contribution is -2.69. The molecule has 214 valence electrons. The predicted octanol–water partition coefficient (Wildman–Crippen LogP) is 8.05. The van der Waals surface area contributed by atoms with Gasteiger partial charge < -0.3 is 13.9 Å². The van der Waals surface area contributed by atoms with E-state index in [9.17, 15) is 0 Å². The molecule has 0 amide bonds. The first kappa shape index (κ1) is 31.0. The van der Waals surface area contributed by atoms with Gasteiger partial charge in [-0.2, -0.15) is 0 Å². The standard InChI is InChI=1S/C34H49IO3Si/c1-25(2)32-27(4)20-21-34(37-32)23-29(22-28(36-34)19-18-26(3)24-35)38-39(33(5,6)7,30-14-10-8-11-15-30)31-16-12-9-13-17-31/h8-18,25,27-29,32H,19-24H2,1-7H3/b26-18+/t27-,28+,29-,32+,34+/m0/s1. The van der Waals surface area contributed by atoms with Crippen LogP contribution in [0.2, 0.25) is 5.04 Å². The van der Waals surface area contributed by atoms with Gasteiger partial charge in [0.15, 0.2) is 5.79 Å². The summed E-state index contributed by atoms with van der Waals surface area (Å²) in [6.07, 6.45) is 7.36. The van der Waals surface area contributed by atoms with E-state index in [-0.39, 0.29) is 23.4 Å². The number of ether oxygens (including phenoxy) is 2. The Morgan fingerprint density at radius 1 is 1.05 bits per heavy atom. The van der Waals surface area contributed by atoms with Crippen LogP contribution in [0.4, 0.5) is 0 Å². The first-order valence-corrected chi connectivity index (χ1v) is 18.3. The average Bonchev–Trinajstić information content (AvgIpc) is 2.92. The van der Waals surface area contributed by atoms with Crippen LogP contribution in [0.25, 0.3) is 0 Å². The summed E-state index contributed by atoms with van der Waals surface area (Å²) in [7, 11) is -2.68. The third-order valence-corrected chi connectivity index (χ3v) is 15.0. The lowest BCUT2D eigenvalue weighted by atomic mass is 9.83. The van der Waals surface area contributed by atoms with E-state index in [4.69, 9.17) is 13.9 Å². The fraction of sp³-hybridized carbons (Fsp3) is 0.588. The van der Waals surface area contributed by atoms with E-state index in [1.165, 1.54) is 15.9 Å². The molecule has 3 nitrogen and oxygen atoms in total. The van der Waals surface area contributed by atoms with E-state index >= 15 is 0 Å². The van der Waals surface area contributed by atoms with Crippen LogP contribution in [0.15, 0.2) is 72.3 Å². The SMILES string of the molecule is C/C(=C\C[C@@H]1C[C@H](O[Si](c2ccccc2)(c2ccccc2)C(C)(C)C)C[C@]2(CC[C@H](C)[C@@H](C(C)C)O2)O1)CI. The second-order valence-corrected chi connectivity index (χ2v) is 18.3. The van der Waals surface area contributed by atoms with E-state index in [1.807, 2.05) is 0 Å². The summed E-state index contributed by atoms with van der Waals surface area (Å²) in [6.45, 7) is 16.2. The fourth-order valence-corrected chi connectivity index (χ4v) is 11.8. The molecule has 2 heterocycles. The molecule has 0 bridgehead atoms. The molecule has 2 saturated heterocycles. The van der Waals surface area contributed by atoms with Crippen molar-refractivity contribution in [2.45, 2.75) is 110 Å². The Bertz CT molecular complexity index is 1040. The molecule has 2 fully saturated rings. The molecular weight excluding hydrogens is 611 g/mol. The van der Waals surface area contributed by atoms with Gasteiger partial charge in [-0.3, -0.25) is 0 Å². The molecule has 0 radical (unpaired) electrons. The van der Waals surface area contributed by atoms with Crippen LogP contribution in [0.5, 0.6) is 0 Å². The highest BCUT2D eigenvalue weighted by Gasteiger charge is 2.55. The normalized spacial score (nSPS) is 28.7. The third-order valence-electron chi connectivity index (χ3n) is 8.70. The maximum Gasteiger partial charge on any atom is 0.261 e. The van der Waals surface area contributed by atoms with Crippen molar-refractivity contribution in [3.05, 3.63) is 72.3 Å². The second-order valence-electron chi connectivity index (χ2n) is 13.3. The highest BCUT2D eigenvalue weighted by molar-refractivity contribution is 14.1. The summed E-state index contributed by atoms with van der Waals surface area (Å²) in [4.78, 5) is 0. The maximum absolute atomic E-state index is 7.69. The van der Waals surface area contributed by atoms with Crippen molar-refractivity contribution in [1.82, 2.24) is 0 Å². The molecule has 0 saturated carbocycles. The highest BCUT2D eigenvalue weighted by Crippen LogP contribution is 2.46. The van der Waals surface area contributed by atoms with E-state index in [2.05, 4.69) is 138 Å². The lowest BCUT2D eigenvalue weighted by molar-refractivity contribution is -0.338. The zero-order chi connectivity index (χ0) is 28.3. The quantitative estimate of drug-likeness (QED) is 0.124. The van der Waals surface area contributed by atoms with E-state index < -0.39 is 14.1 Å². The zero-order valence-corrected chi connectivity index (χ0v) is 28.2. The summed E-state index contributed by atoms with van der Waals surface area (Å²) in [5.41, 5.74) is 1.40. The molecule has 2 aliphatic rings. The van der Waals surface area contributed by atoms with E-state index in [0.717, 1.165) is 36.5 Å².